The van der Waals surface area contributed by atoms with Crippen LogP contribution in [0.3, 0.4) is 0 Å². The molecule has 4 rings (SSSR count). The van der Waals surface area contributed by atoms with Crippen molar-refractivity contribution in [1.29, 1.82) is 0 Å². The Hall–Kier alpha value is -1.92. The molecule has 1 aliphatic carbocycles. The average Bonchev–Trinajstić information content (AvgIpc) is 2.65. The summed E-state index contributed by atoms with van der Waals surface area (Å²) in [6.45, 7) is 4.60. The molecule has 26 heavy (non-hydrogen) atoms. The highest BCUT2D eigenvalue weighted by Gasteiger charge is 2.32. The number of fused-ring (bicyclic) bond motifs is 1. The van der Waals surface area contributed by atoms with Gasteiger partial charge in [0.2, 0.25) is 0 Å². The van der Waals surface area contributed by atoms with Crippen molar-refractivity contribution in [2.45, 2.75) is 37.7 Å². The van der Waals surface area contributed by atoms with E-state index in [1.807, 2.05) is 18.2 Å². The molecule has 0 spiro atoms. The second-order valence-corrected chi connectivity index (χ2v) is 7.91. The minimum absolute atomic E-state index is 0.00732. The lowest BCUT2D eigenvalue weighted by molar-refractivity contribution is -0.0271. The van der Waals surface area contributed by atoms with Crippen LogP contribution in [0.2, 0.25) is 0 Å². The Morgan fingerprint density at radius 1 is 1.12 bits per heavy atom. The van der Waals surface area contributed by atoms with Crippen molar-refractivity contribution in [3.63, 3.8) is 0 Å². The molecule has 2 heterocycles. The van der Waals surface area contributed by atoms with E-state index in [9.17, 15) is 9.90 Å². The topological polar surface area (TPSA) is 61.6 Å². The first-order valence-corrected chi connectivity index (χ1v) is 9.69. The standard InChI is InChI=1S/C20H28N4O2/c1-22-15-21-18-13-16(5-6-17(18)19(22)25)24-11-9-23(10-12-24)14-20(26)7-3-2-4-8-20/h5-6,13,15,26H,2-4,7-12,14H2,1H3. The number of nitrogens with zero attached hydrogens (tertiary/aromatic N) is 4. The number of rotatable bonds is 3. The van der Waals surface area contributed by atoms with Gasteiger partial charge in [0.25, 0.3) is 5.56 Å². The molecule has 0 unspecified atom stereocenters. The van der Waals surface area contributed by atoms with Gasteiger partial charge in [-0.2, -0.15) is 0 Å². The number of hydrogen-bond acceptors (Lipinski definition) is 5. The van der Waals surface area contributed by atoms with E-state index in [2.05, 4.69) is 14.8 Å². The van der Waals surface area contributed by atoms with Crippen LogP contribution >= 0.6 is 0 Å². The first-order chi connectivity index (χ1) is 12.5. The van der Waals surface area contributed by atoms with Gasteiger partial charge in [0.1, 0.15) is 0 Å². The summed E-state index contributed by atoms with van der Waals surface area (Å²) >= 11 is 0. The second-order valence-electron chi connectivity index (χ2n) is 7.91. The molecule has 1 aliphatic heterocycles. The van der Waals surface area contributed by atoms with E-state index in [0.717, 1.165) is 69.6 Å². The molecule has 0 bridgehead atoms. The van der Waals surface area contributed by atoms with Crippen LogP contribution in [0.5, 0.6) is 0 Å². The van der Waals surface area contributed by atoms with Gasteiger partial charge in [-0.15, -0.1) is 0 Å². The van der Waals surface area contributed by atoms with Crippen LogP contribution in [0.15, 0.2) is 29.3 Å². The third-order valence-electron chi connectivity index (χ3n) is 5.94. The van der Waals surface area contributed by atoms with Crippen LogP contribution in [-0.2, 0) is 7.05 Å². The minimum Gasteiger partial charge on any atom is -0.389 e. The zero-order valence-electron chi connectivity index (χ0n) is 15.5. The SMILES string of the molecule is Cn1cnc2cc(N3CCN(CC4(O)CCCCC4)CC3)ccc2c1=O. The molecule has 2 aromatic rings. The van der Waals surface area contributed by atoms with E-state index in [4.69, 9.17) is 0 Å². The maximum absolute atomic E-state index is 12.2. The summed E-state index contributed by atoms with van der Waals surface area (Å²) in [4.78, 5) is 21.3. The number of benzene rings is 1. The number of anilines is 1. The summed E-state index contributed by atoms with van der Waals surface area (Å²) in [5.74, 6) is 0. The molecule has 140 valence electrons. The van der Waals surface area contributed by atoms with Gasteiger partial charge in [-0.1, -0.05) is 19.3 Å². The molecule has 6 heteroatoms. The first kappa shape index (κ1) is 17.5. The van der Waals surface area contributed by atoms with Crippen molar-refractivity contribution in [1.82, 2.24) is 14.5 Å². The van der Waals surface area contributed by atoms with Crippen LogP contribution in [0.1, 0.15) is 32.1 Å². The summed E-state index contributed by atoms with van der Waals surface area (Å²) < 4.78 is 1.51. The maximum atomic E-state index is 12.2. The Kier molecular flexibility index (Phi) is 4.71. The number of piperazine rings is 1. The molecule has 1 aromatic heterocycles. The first-order valence-electron chi connectivity index (χ1n) is 9.69. The van der Waals surface area contributed by atoms with Gasteiger partial charge in [0, 0.05) is 45.5 Å². The number of aliphatic hydroxyl groups is 1. The van der Waals surface area contributed by atoms with Gasteiger partial charge in [0.05, 0.1) is 22.8 Å². The van der Waals surface area contributed by atoms with E-state index < -0.39 is 5.60 Å². The molecular weight excluding hydrogens is 328 g/mol. The van der Waals surface area contributed by atoms with Crippen LogP contribution in [-0.4, -0.2) is 57.9 Å². The molecule has 1 saturated heterocycles. The van der Waals surface area contributed by atoms with Crippen molar-refractivity contribution < 1.29 is 5.11 Å². The molecule has 0 atom stereocenters. The van der Waals surface area contributed by atoms with Crippen molar-refractivity contribution in [3.8, 4) is 0 Å². The molecule has 0 amide bonds. The Bertz CT molecular complexity index is 833. The van der Waals surface area contributed by atoms with E-state index >= 15 is 0 Å². The van der Waals surface area contributed by atoms with Crippen molar-refractivity contribution in [2.75, 3.05) is 37.6 Å². The van der Waals surface area contributed by atoms with Gasteiger partial charge in [0.15, 0.2) is 0 Å². The van der Waals surface area contributed by atoms with Gasteiger partial charge < -0.3 is 14.6 Å². The number of β-amino-alcohol motifs (C(OH)–C–C–N with tert-alkyl or cyclic N) is 1. The number of aromatic nitrogens is 2. The lowest BCUT2D eigenvalue weighted by Crippen LogP contribution is -2.52. The third-order valence-corrected chi connectivity index (χ3v) is 5.94. The van der Waals surface area contributed by atoms with Crippen molar-refractivity contribution in [3.05, 3.63) is 34.9 Å². The number of hydrogen-bond donors (Lipinski definition) is 1. The Balaban J connectivity index is 1.42. The molecule has 2 aliphatic rings. The van der Waals surface area contributed by atoms with E-state index in [-0.39, 0.29) is 5.56 Å². The van der Waals surface area contributed by atoms with Crippen LogP contribution in [0.25, 0.3) is 10.9 Å². The summed E-state index contributed by atoms with van der Waals surface area (Å²) in [5, 5.41) is 11.4. The van der Waals surface area contributed by atoms with Gasteiger partial charge in [-0.05, 0) is 31.0 Å². The Morgan fingerprint density at radius 2 is 1.85 bits per heavy atom. The predicted octanol–water partition coefficient (Wildman–Crippen LogP) is 1.75. The van der Waals surface area contributed by atoms with Crippen LogP contribution in [0.4, 0.5) is 5.69 Å². The second kappa shape index (κ2) is 7.00. The summed E-state index contributed by atoms with van der Waals surface area (Å²) in [5.41, 5.74) is 1.39. The van der Waals surface area contributed by atoms with Gasteiger partial charge in [-0.25, -0.2) is 4.98 Å². The van der Waals surface area contributed by atoms with Crippen LogP contribution in [0, 0.1) is 0 Å². The number of aryl methyl sites for hydroxylation is 1. The fraction of sp³-hybridized carbons (Fsp3) is 0.600. The quantitative estimate of drug-likeness (QED) is 0.908. The zero-order chi connectivity index (χ0) is 18.1. The van der Waals surface area contributed by atoms with Gasteiger partial charge >= 0.3 is 0 Å². The normalized spacial score (nSPS) is 21.2. The van der Waals surface area contributed by atoms with Crippen LogP contribution < -0.4 is 10.5 Å². The zero-order valence-corrected chi connectivity index (χ0v) is 15.5. The van der Waals surface area contributed by atoms with E-state index in [1.54, 1.807) is 13.4 Å². The molecule has 1 aromatic carbocycles. The highest BCUT2D eigenvalue weighted by Crippen LogP contribution is 2.29. The third kappa shape index (κ3) is 3.48. The van der Waals surface area contributed by atoms with E-state index in [0.29, 0.717) is 5.39 Å². The fourth-order valence-corrected chi connectivity index (χ4v) is 4.34. The average molecular weight is 356 g/mol. The monoisotopic (exact) mass is 356 g/mol. The summed E-state index contributed by atoms with van der Waals surface area (Å²) in [6, 6.07) is 5.92. The lowest BCUT2D eigenvalue weighted by atomic mass is 9.84. The fourth-order valence-electron chi connectivity index (χ4n) is 4.34. The van der Waals surface area contributed by atoms with E-state index in [1.165, 1.54) is 11.0 Å². The van der Waals surface area contributed by atoms with Gasteiger partial charge in [-0.3, -0.25) is 9.69 Å². The molecule has 6 nitrogen and oxygen atoms in total. The minimum atomic E-state index is -0.479. The summed E-state index contributed by atoms with van der Waals surface area (Å²) in [7, 11) is 1.72. The molecule has 0 radical (unpaired) electrons. The van der Waals surface area contributed by atoms with Crippen molar-refractivity contribution in [2.24, 2.45) is 7.05 Å². The Labute approximate surface area is 154 Å². The van der Waals surface area contributed by atoms with Crippen molar-refractivity contribution >= 4 is 16.6 Å². The molecular formula is C20H28N4O2. The predicted molar refractivity (Wildman–Crippen MR) is 104 cm³/mol. The lowest BCUT2D eigenvalue weighted by Gasteiger charge is -2.41. The molecule has 1 saturated carbocycles. The highest BCUT2D eigenvalue weighted by atomic mass is 16.3. The molecule has 2 fully saturated rings. The summed E-state index contributed by atoms with van der Waals surface area (Å²) in [6.07, 6.45) is 7.03. The molecule has 1 N–H and O–H groups in total. The largest absolute Gasteiger partial charge is 0.389 e. The Morgan fingerprint density at radius 3 is 2.58 bits per heavy atom. The highest BCUT2D eigenvalue weighted by molar-refractivity contribution is 5.81. The maximum Gasteiger partial charge on any atom is 0.260 e. The smallest absolute Gasteiger partial charge is 0.260 e.